The number of hydrogen-bond acceptors (Lipinski definition) is 3. The van der Waals surface area contributed by atoms with E-state index < -0.39 is 23.6 Å². The number of nitrogens with one attached hydrogen (secondary N) is 3. The molecule has 2 aromatic rings. The predicted octanol–water partition coefficient (Wildman–Crippen LogP) is 2.44. The third-order valence-corrected chi connectivity index (χ3v) is 2.82. The van der Waals surface area contributed by atoms with Crippen LogP contribution in [0.25, 0.3) is 0 Å². The molecule has 0 saturated heterocycles. The quantitative estimate of drug-likeness (QED) is 0.760. The molecule has 0 aromatic heterocycles. The van der Waals surface area contributed by atoms with E-state index >= 15 is 0 Å². The van der Waals surface area contributed by atoms with E-state index in [0.29, 0.717) is 11.8 Å². The van der Waals surface area contributed by atoms with E-state index in [9.17, 15) is 18.4 Å². The smallest absolute Gasteiger partial charge is 0.338 e. The van der Waals surface area contributed by atoms with Gasteiger partial charge in [-0.25, -0.2) is 19.0 Å². The Hall–Kier alpha value is -3.16. The average molecular weight is 321 g/mol. The Bertz CT molecular complexity index is 738. The van der Waals surface area contributed by atoms with Crippen LogP contribution in [-0.2, 0) is 0 Å². The highest BCUT2D eigenvalue weighted by Crippen LogP contribution is 2.17. The summed E-state index contributed by atoms with van der Waals surface area (Å²) in [6.45, 7) is 0. The zero-order valence-corrected chi connectivity index (χ0v) is 12.0. The van der Waals surface area contributed by atoms with E-state index in [2.05, 4.69) is 16.2 Å². The Balaban J connectivity index is 1.95. The summed E-state index contributed by atoms with van der Waals surface area (Å²) in [4.78, 5) is 23.5. The summed E-state index contributed by atoms with van der Waals surface area (Å²) in [7, 11) is 1.41. The van der Waals surface area contributed by atoms with Crippen molar-refractivity contribution in [2.75, 3.05) is 12.4 Å². The van der Waals surface area contributed by atoms with Crippen LogP contribution in [0, 0.1) is 11.6 Å². The van der Waals surface area contributed by atoms with E-state index in [1.807, 2.05) is 0 Å². The van der Waals surface area contributed by atoms with Gasteiger partial charge in [0.2, 0.25) is 0 Å². The molecule has 0 atom stereocenters. The molecule has 3 amide bonds. The van der Waals surface area contributed by atoms with Gasteiger partial charge in [0.1, 0.15) is 17.4 Å². The highest BCUT2D eigenvalue weighted by molar-refractivity contribution is 5.99. The second-order valence-corrected chi connectivity index (χ2v) is 4.36. The third-order valence-electron chi connectivity index (χ3n) is 2.82. The molecule has 23 heavy (non-hydrogen) atoms. The molecule has 2 rings (SSSR count). The Labute approximate surface area is 130 Å². The summed E-state index contributed by atoms with van der Waals surface area (Å²) < 4.78 is 31.2. The number of methoxy groups -OCH3 is 1. The van der Waals surface area contributed by atoms with E-state index in [-0.39, 0.29) is 11.3 Å². The first kappa shape index (κ1) is 16.2. The topological polar surface area (TPSA) is 79.5 Å². The molecule has 3 N–H and O–H groups in total. The minimum absolute atomic E-state index is 0.211. The number of rotatable bonds is 3. The SMILES string of the molecule is COc1ccccc1C(=O)NNC(=O)Nc1ccc(F)cc1F. The van der Waals surface area contributed by atoms with Gasteiger partial charge in [0, 0.05) is 6.07 Å². The number of amides is 3. The van der Waals surface area contributed by atoms with Crippen LogP contribution in [0.1, 0.15) is 10.4 Å². The molecule has 0 aliphatic rings. The minimum atomic E-state index is -0.934. The monoisotopic (exact) mass is 321 g/mol. The van der Waals surface area contributed by atoms with Gasteiger partial charge in [0.05, 0.1) is 18.4 Å². The summed E-state index contributed by atoms with van der Waals surface area (Å²) in [6.07, 6.45) is 0. The molecule has 0 fully saturated rings. The number of anilines is 1. The standard InChI is InChI=1S/C15H13F2N3O3/c1-23-13-5-3-2-4-10(13)14(21)19-20-15(22)18-12-7-6-9(16)8-11(12)17/h2-8H,1H3,(H,19,21)(H2,18,20,22). The third kappa shape index (κ3) is 4.16. The van der Waals surface area contributed by atoms with Gasteiger partial charge in [-0.2, -0.15) is 0 Å². The Morgan fingerprint density at radius 3 is 2.48 bits per heavy atom. The van der Waals surface area contributed by atoms with Gasteiger partial charge in [-0.1, -0.05) is 12.1 Å². The molecular formula is C15H13F2N3O3. The van der Waals surface area contributed by atoms with Gasteiger partial charge in [-0.3, -0.25) is 10.2 Å². The van der Waals surface area contributed by atoms with Crippen LogP contribution in [-0.4, -0.2) is 19.0 Å². The lowest BCUT2D eigenvalue weighted by atomic mass is 10.2. The zero-order valence-electron chi connectivity index (χ0n) is 12.0. The van der Waals surface area contributed by atoms with Crippen LogP contribution in [0.15, 0.2) is 42.5 Å². The zero-order chi connectivity index (χ0) is 16.8. The summed E-state index contributed by atoms with van der Waals surface area (Å²) in [5.74, 6) is -1.98. The lowest BCUT2D eigenvalue weighted by Gasteiger charge is -2.11. The van der Waals surface area contributed by atoms with Gasteiger partial charge in [0.25, 0.3) is 5.91 Å². The van der Waals surface area contributed by atoms with Crippen LogP contribution in [0.3, 0.4) is 0 Å². The molecular weight excluding hydrogens is 308 g/mol. The molecule has 120 valence electrons. The predicted molar refractivity (Wildman–Crippen MR) is 79.0 cm³/mol. The number of benzene rings is 2. The summed E-state index contributed by atoms with van der Waals surface area (Å²) in [5, 5.41) is 2.14. The number of ether oxygens (including phenoxy) is 1. The molecule has 0 heterocycles. The maximum Gasteiger partial charge on any atom is 0.338 e. The fraction of sp³-hybridized carbons (Fsp3) is 0.0667. The number of halogens is 2. The normalized spacial score (nSPS) is 9.87. The van der Waals surface area contributed by atoms with Crippen molar-refractivity contribution in [1.29, 1.82) is 0 Å². The van der Waals surface area contributed by atoms with Crippen LogP contribution in [0.5, 0.6) is 5.75 Å². The molecule has 0 aliphatic heterocycles. The molecule has 0 saturated carbocycles. The van der Waals surface area contributed by atoms with E-state index in [0.717, 1.165) is 12.1 Å². The van der Waals surface area contributed by atoms with Crippen molar-refractivity contribution in [2.45, 2.75) is 0 Å². The van der Waals surface area contributed by atoms with Crippen LogP contribution < -0.4 is 20.9 Å². The molecule has 0 spiro atoms. The first-order chi connectivity index (χ1) is 11.0. The lowest BCUT2D eigenvalue weighted by Crippen LogP contribution is -2.44. The first-order valence-electron chi connectivity index (χ1n) is 6.46. The van der Waals surface area contributed by atoms with Crippen molar-refractivity contribution < 1.29 is 23.1 Å². The van der Waals surface area contributed by atoms with Crippen molar-refractivity contribution >= 4 is 17.6 Å². The maximum atomic E-state index is 13.4. The van der Waals surface area contributed by atoms with E-state index in [1.165, 1.54) is 13.2 Å². The number of carbonyl (C=O) groups excluding carboxylic acids is 2. The molecule has 8 heteroatoms. The van der Waals surface area contributed by atoms with Crippen LogP contribution >= 0.6 is 0 Å². The maximum absolute atomic E-state index is 13.4. The molecule has 0 unspecified atom stereocenters. The molecule has 0 aliphatic carbocycles. The van der Waals surface area contributed by atoms with Crippen LogP contribution in [0.2, 0.25) is 0 Å². The van der Waals surface area contributed by atoms with Crippen molar-refractivity contribution in [1.82, 2.24) is 10.9 Å². The number of hydrogen-bond donors (Lipinski definition) is 3. The van der Waals surface area contributed by atoms with E-state index in [4.69, 9.17) is 4.74 Å². The van der Waals surface area contributed by atoms with Gasteiger partial charge >= 0.3 is 6.03 Å². The highest BCUT2D eigenvalue weighted by atomic mass is 19.1. The summed E-state index contributed by atoms with van der Waals surface area (Å²) >= 11 is 0. The molecule has 0 bridgehead atoms. The Morgan fingerprint density at radius 2 is 1.78 bits per heavy atom. The van der Waals surface area contributed by atoms with Gasteiger partial charge in [-0.15, -0.1) is 0 Å². The number of urea groups is 1. The molecule has 2 aromatic carbocycles. The first-order valence-corrected chi connectivity index (χ1v) is 6.46. The van der Waals surface area contributed by atoms with Crippen LogP contribution in [0.4, 0.5) is 19.3 Å². The fourth-order valence-electron chi connectivity index (χ4n) is 1.76. The molecule has 6 nitrogen and oxygen atoms in total. The van der Waals surface area contributed by atoms with E-state index in [1.54, 1.807) is 18.2 Å². The van der Waals surface area contributed by atoms with Crippen molar-refractivity contribution in [3.05, 3.63) is 59.7 Å². The molecule has 0 radical (unpaired) electrons. The summed E-state index contributed by atoms with van der Waals surface area (Å²) in [6, 6.07) is 8.20. The van der Waals surface area contributed by atoms with Gasteiger partial charge in [-0.05, 0) is 24.3 Å². The van der Waals surface area contributed by atoms with Crippen molar-refractivity contribution in [3.8, 4) is 5.75 Å². The average Bonchev–Trinajstić information content (AvgIpc) is 2.55. The fourth-order valence-corrected chi connectivity index (χ4v) is 1.76. The largest absolute Gasteiger partial charge is 0.496 e. The summed E-state index contributed by atoms with van der Waals surface area (Å²) in [5.41, 5.74) is 4.19. The second kappa shape index (κ2) is 7.21. The second-order valence-electron chi connectivity index (χ2n) is 4.36. The van der Waals surface area contributed by atoms with Gasteiger partial charge < -0.3 is 10.1 Å². The minimum Gasteiger partial charge on any atom is -0.496 e. The number of hydrazine groups is 1. The Kier molecular flexibility index (Phi) is 5.08. The highest BCUT2D eigenvalue weighted by Gasteiger charge is 2.13. The lowest BCUT2D eigenvalue weighted by molar-refractivity contribution is 0.0935. The number of para-hydroxylation sites is 1. The number of carbonyl (C=O) groups is 2. The van der Waals surface area contributed by atoms with Gasteiger partial charge in [0.15, 0.2) is 0 Å². The van der Waals surface area contributed by atoms with Crippen molar-refractivity contribution in [3.63, 3.8) is 0 Å². The van der Waals surface area contributed by atoms with Crippen molar-refractivity contribution in [2.24, 2.45) is 0 Å². The Morgan fingerprint density at radius 1 is 1.04 bits per heavy atom.